The molecule has 1 nitrogen and oxygen atoms in total. The van der Waals surface area contributed by atoms with Crippen molar-refractivity contribution in [1.29, 1.82) is 0 Å². The highest BCUT2D eigenvalue weighted by molar-refractivity contribution is 5.30. The van der Waals surface area contributed by atoms with Crippen LogP contribution in [0.4, 0.5) is 8.78 Å². The van der Waals surface area contributed by atoms with Crippen LogP contribution in [0.25, 0.3) is 0 Å². The van der Waals surface area contributed by atoms with Gasteiger partial charge in [0.2, 0.25) is 0 Å². The summed E-state index contributed by atoms with van der Waals surface area (Å²) in [6.45, 7) is 1.51. The van der Waals surface area contributed by atoms with Crippen molar-refractivity contribution in [3.05, 3.63) is 35.4 Å². The minimum atomic E-state index is -2.71. The van der Waals surface area contributed by atoms with Crippen LogP contribution in [0.2, 0.25) is 0 Å². The Balaban J connectivity index is 2.20. The zero-order valence-corrected chi connectivity index (χ0v) is 9.42. The van der Waals surface area contributed by atoms with E-state index in [1.54, 1.807) is 12.1 Å². The number of rotatable bonds is 3. The van der Waals surface area contributed by atoms with Crippen LogP contribution in [0, 0.1) is 0 Å². The second kappa shape index (κ2) is 4.13. The average molecular weight is 225 g/mol. The van der Waals surface area contributed by atoms with E-state index in [4.69, 9.17) is 5.73 Å². The summed E-state index contributed by atoms with van der Waals surface area (Å²) in [6, 6.07) is 7.04. The standard InChI is InChI=1S/C13H17F2N/c1-2-13(14,15)11-5-3-4-9(6-11)10-7-12(16)8-10/h3-6,10,12H,2,7-8,16H2,1H3. The molecule has 0 amide bonds. The lowest BCUT2D eigenvalue weighted by Gasteiger charge is -2.33. The average Bonchev–Trinajstić information content (AvgIpc) is 2.25. The summed E-state index contributed by atoms with van der Waals surface area (Å²) >= 11 is 0. The van der Waals surface area contributed by atoms with Crippen molar-refractivity contribution in [2.45, 2.75) is 44.1 Å². The molecule has 3 heteroatoms. The van der Waals surface area contributed by atoms with Crippen LogP contribution in [0.1, 0.15) is 43.2 Å². The Morgan fingerprint density at radius 2 is 2.06 bits per heavy atom. The summed E-state index contributed by atoms with van der Waals surface area (Å²) in [6.07, 6.45) is 1.68. The second-order valence-electron chi connectivity index (χ2n) is 4.61. The number of hydrogen-bond donors (Lipinski definition) is 1. The Hall–Kier alpha value is -0.960. The van der Waals surface area contributed by atoms with E-state index >= 15 is 0 Å². The molecule has 0 aromatic heterocycles. The zero-order valence-electron chi connectivity index (χ0n) is 9.42. The highest BCUT2D eigenvalue weighted by Gasteiger charge is 2.31. The van der Waals surface area contributed by atoms with E-state index in [-0.39, 0.29) is 18.0 Å². The summed E-state index contributed by atoms with van der Waals surface area (Å²) in [5, 5.41) is 0. The highest BCUT2D eigenvalue weighted by atomic mass is 19.3. The lowest BCUT2D eigenvalue weighted by atomic mass is 9.76. The monoisotopic (exact) mass is 225 g/mol. The van der Waals surface area contributed by atoms with Crippen molar-refractivity contribution >= 4 is 0 Å². The maximum absolute atomic E-state index is 13.5. The maximum atomic E-state index is 13.5. The van der Waals surface area contributed by atoms with Gasteiger partial charge in [0.1, 0.15) is 0 Å². The first kappa shape index (κ1) is 11.5. The molecule has 1 saturated carbocycles. The van der Waals surface area contributed by atoms with Gasteiger partial charge in [-0.1, -0.05) is 25.1 Å². The fourth-order valence-electron chi connectivity index (χ4n) is 2.16. The predicted molar refractivity (Wildman–Crippen MR) is 60.6 cm³/mol. The van der Waals surface area contributed by atoms with E-state index in [1.807, 2.05) is 6.07 Å². The van der Waals surface area contributed by atoms with Crippen LogP contribution >= 0.6 is 0 Å². The third kappa shape index (κ3) is 2.09. The molecule has 0 heterocycles. The Labute approximate surface area is 94.7 Å². The Morgan fingerprint density at radius 3 is 2.62 bits per heavy atom. The summed E-state index contributed by atoms with van der Waals surface area (Å²) in [4.78, 5) is 0. The van der Waals surface area contributed by atoms with Crippen molar-refractivity contribution in [3.8, 4) is 0 Å². The number of hydrogen-bond acceptors (Lipinski definition) is 1. The number of benzene rings is 1. The minimum absolute atomic E-state index is 0.132. The molecule has 1 fully saturated rings. The van der Waals surface area contributed by atoms with Crippen LogP contribution in [-0.4, -0.2) is 6.04 Å². The van der Waals surface area contributed by atoms with Gasteiger partial charge in [0.15, 0.2) is 0 Å². The molecule has 16 heavy (non-hydrogen) atoms. The van der Waals surface area contributed by atoms with Gasteiger partial charge in [0.05, 0.1) is 0 Å². The van der Waals surface area contributed by atoms with Crippen molar-refractivity contribution in [2.75, 3.05) is 0 Å². The first-order valence-electron chi connectivity index (χ1n) is 5.76. The molecule has 1 aliphatic rings. The molecular formula is C13H17F2N. The molecule has 2 N–H and O–H groups in total. The highest BCUT2D eigenvalue weighted by Crippen LogP contribution is 2.38. The van der Waals surface area contributed by atoms with Gasteiger partial charge < -0.3 is 5.73 Å². The summed E-state index contributed by atoms with van der Waals surface area (Å²) in [5.41, 5.74) is 6.85. The molecule has 88 valence electrons. The molecule has 0 bridgehead atoms. The number of halogens is 2. The molecule has 0 saturated heterocycles. The van der Waals surface area contributed by atoms with Crippen molar-refractivity contribution in [3.63, 3.8) is 0 Å². The summed E-state index contributed by atoms with van der Waals surface area (Å²) in [7, 11) is 0. The molecule has 2 rings (SSSR count). The predicted octanol–water partition coefficient (Wildman–Crippen LogP) is 3.39. The first-order chi connectivity index (χ1) is 7.53. The van der Waals surface area contributed by atoms with Gasteiger partial charge in [-0.2, -0.15) is 0 Å². The van der Waals surface area contributed by atoms with E-state index in [9.17, 15) is 8.78 Å². The molecule has 0 unspecified atom stereocenters. The molecule has 1 aliphatic carbocycles. The van der Waals surface area contributed by atoms with Gasteiger partial charge in [-0.3, -0.25) is 0 Å². The van der Waals surface area contributed by atoms with Crippen molar-refractivity contribution in [2.24, 2.45) is 5.73 Å². The maximum Gasteiger partial charge on any atom is 0.273 e. The fourth-order valence-corrected chi connectivity index (χ4v) is 2.16. The van der Waals surface area contributed by atoms with Crippen LogP contribution < -0.4 is 5.73 Å². The first-order valence-corrected chi connectivity index (χ1v) is 5.76. The van der Waals surface area contributed by atoms with Crippen LogP contribution in [0.5, 0.6) is 0 Å². The second-order valence-corrected chi connectivity index (χ2v) is 4.61. The molecular weight excluding hydrogens is 208 g/mol. The van der Waals surface area contributed by atoms with Crippen LogP contribution in [0.3, 0.4) is 0 Å². The largest absolute Gasteiger partial charge is 0.328 e. The van der Waals surface area contributed by atoms with E-state index in [0.29, 0.717) is 5.92 Å². The number of nitrogens with two attached hydrogens (primary N) is 1. The SMILES string of the molecule is CCC(F)(F)c1cccc(C2CC(N)C2)c1. The molecule has 0 atom stereocenters. The Bertz CT molecular complexity index is 370. The number of alkyl halides is 2. The molecule has 0 radical (unpaired) electrons. The molecule has 1 aromatic carbocycles. The third-order valence-corrected chi connectivity index (χ3v) is 3.40. The van der Waals surface area contributed by atoms with Crippen molar-refractivity contribution < 1.29 is 8.78 Å². The molecule has 0 aliphatic heterocycles. The van der Waals surface area contributed by atoms with E-state index in [2.05, 4.69) is 0 Å². The van der Waals surface area contributed by atoms with Gasteiger partial charge >= 0.3 is 0 Å². The molecule has 1 aromatic rings. The van der Waals surface area contributed by atoms with Gasteiger partial charge in [-0.25, -0.2) is 8.78 Å². The van der Waals surface area contributed by atoms with Crippen LogP contribution in [0.15, 0.2) is 24.3 Å². The zero-order chi connectivity index (χ0) is 11.8. The Morgan fingerprint density at radius 1 is 1.38 bits per heavy atom. The smallest absolute Gasteiger partial charge is 0.273 e. The van der Waals surface area contributed by atoms with Crippen molar-refractivity contribution in [1.82, 2.24) is 0 Å². The van der Waals surface area contributed by atoms with Gasteiger partial charge in [0, 0.05) is 18.0 Å². The quantitative estimate of drug-likeness (QED) is 0.838. The van der Waals surface area contributed by atoms with Crippen LogP contribution in [-0.2, 0) is 5.92 Å². The van der Waals surface area contributed by atoms with E-state index < -0.39 is 5.92 Å². The minimum Gasteiger partial charge on any atom is -0.328 e. The third-order valence-electron chi connectivity index (χ3n) is 3.40. The van der Waals surface area contributed by atoms with Gasteiger partial charge in [-0.05, 0) is 30.4 Å². The molecule has 0 spiro atoms. The lowest BCUT2D eigenvalue weighted by molar-refractivity contribution is -0.00840. The topological polar surface area (TPSA) is 26.0 Å². The normalized spacial score (nSPS) is 25.2. The van der Waals surface area contributed by atoms with Gasteiger partial charge in [0.25, 0.3) is 5.92 Å². The van der Waals surface area contributed by atoms with E-state index in [1.165, 1.54) is 13.0 Å². The van der Waals surface area contributed by atoms with E-state index in [0.717, 1.165) is 18.4 Å². The lowest BCUT2D eigenvalue weighted by Crippen LogP contribution is -2.34. The Kier molecular flexibility index (Phi) is 2.98. The van der Waals surface area contributed by atoms with Gasteiger partial charge in [-0.15, -0.1) is 0 Å². The summed E-state index contributed by atoms with van der Waals surface area (Å²) < 4.78 is 27.0. The fraction of sp³-hybridized carbons (Fsp3) is 0.538. The summed E-state index contributed by atoms with van der Waals surface area (Å²) in [5.74, 6) is -2.33.